The van der Waals surface area contributed by atoms with Gasteiger partial charge in [0.15, 0.2) is 5.69 Å². The molecule has 1 saturated heterocycles. The van der Waals surface area contributed by atoms with Crippen molar-refractivity contribution in [3.8, 4) is 5.69 Å². The summed E-state index contributed by atoms with van der Waals surface area (Å²) < 4.78 is 1.63. The van der Waals surface area contributed by atoms with E-state index in [2.05, 4.69) is 5.10 Å². The highest BCUT2D eigenvalue weighted by molar-refractivity contribution is 6.32. The third-order valence-electron chi connectivity index (χ3n) is 4.78. The number of hydrogen-bond donors (Lipinski definition) is 1. The maximum absolute atomic E-state index is 13.1. The van der Waals surface area contributed by atoms with Gasteiger partial charge in [-0.25, -0.2) is 4.68 Å². The highest BCUT2D eigenvalue weighted by atomic mass is 35.5. The van der Waals surface area contributed by atoms with Crippen LogP contribution in [0.15, 0.2) is 30.5 Å². The average molecular weight is 376 g/mol. The van der Waals surface area contributed by atoms with Crippen molar-refractivity contribution in [2.75, 3.05) is 6.54 Å². The largest absolute Gasteiger partial charge is 0.481 e. The van der Waals surface area contributed by atoms with E-state index >= 15 is 0 Å². The topological polar surface area (TPSA) is 75.4 Å². The Morgan fingerprint density at radius 2 is 2.08 bits per heavy atom. The number of likely N-dealkylation sites (tertiary alicyclic amines) is 1. The van der Waals surface area contributed by atoms with E-state index in [1.54, 1.807) is 21.8 Å². The number of aromatic nitrogens is 2. The summed E-state index contributed by atoms with van der Waals surface area (Å²) >= 11 is 6.23. The van der Waals surface area contributed by atoms with E-state index in [0.717, 1.165) is 30.5 Å². The first kappa shape index (κ1) is 18.5. The van der Waals surface area contributed by atoms with Crippen LogP contribution >= 0.6 is 11.6 Å². The summed E-state index contributed by atoms with van der Waals surface area (Å²) in [5.74, 6) is -0.967. The molecule has 138 valence electrons. The van der Waals surface area contributed by atoms with Crippen LogP contribution < -0.4 is 0 Å². The van der Waals surface area contributed by atoms with Crippen molar-refractivity contribution < 1.29 is 14.7 Å². The summed E-state index contributed by atoms with van der Waals surface area (Å²) in [5.41, 5.74) is 1.89. The average Bonchev–Trinajstić information content (AvgIpc) is 3.01. The van der Waals surface area contributed by atoms with Gasteiger partial charge in [0.05, 0.1) is 10.7 Å². The molecular weight excluding hydrogens is 354 g/mol. The fourth-order valence-electron chi connectivity index (χ4n) is 3.43. The molecule has 1 aliphatic rings. The number of halogens is 1. The van der Waals surface area contributed by atoms with E-state index in [0.29, 0.717) is 23.7 Å². The van der Waals surface area contributed by atoms with Crippen LogP contribution in [-0.4, -0.2) is 44.3 Å². The Bertz CT molecular complexity index is 818. The van der Waals surface area contributed by atoms with Gasteiger partial charge in [-0.2, -0.15) is 5.10 Å². The maximum Gasteiger partial charge on any atom is 0.303 e. The predicted molar refractivity (Wildman–Crippen MR) is 98.9 cm³/mol. The summed E-state index contributed by atoms with van der Waals surface area (Å²) in [5, 5.41) is 14.0. The number of piperidine rings is 1. The Balaban J connectivity index is 1.84. The second-order valence-electron chi connectivity index (χ2n) is 6.64. The second kappa shape index (κ2) is 7.91. The second-order valence-corrected chi connectivity index (χ2v) is 7.04. The third kappa shape index (κ3) is 3.90. The molecule has 0 radical (unpaired) electrons. The minimum Gasteiger partial charge on any atom is -0.481 e. The third-order valence-corrected chi connectivity index (χ3v) is 5.10. The highest BCUT2D eigenvalue weighted by Gasteiger charge is 2.30. The summed E-state index contributed by atoms with van der Waals surface area (Å²) in [6, 6.07) is 7.29. The summed E-state index contributed by atoms with van der Waals surface area (Å²) in [4.78, 5) is 25.8. The van der Waals surface area contributed by atoms with Gasteiger partial charge in [0.25, 0.3) is 5.91 Å². The normalized spacial score (nSPS) is 17.3. The standard InChI is InChI=1S/C19H22ClN3O3/c1-13-12-23(16-8-3-2-7-15(16)20)21-18(13)19(26)22-11-5-4-6-14(22)9-10-17(24)25/h2-3,7-8,12,14H,4-6,9-11H2,1H3,(H,24,25). The quantitative estimate of drug-likeness (QED) is 0.864. The minimum atomic E-state index is -0.831. The van der Waals surface area contributed by atoms with Crippen LogP contribution in [0.2, 0.25) is 5.02 Å². The molecule has 1 unspecified atom stereocenters. The minimum absolute atomic E-state index is 0.0442. The fourth-order valence-corrected chi connectivity index (χ4v) is 3.65. The van der Waals surface area contributed by atoms with Crippen molar-refractivity contribution in [2.24, 2.45) is 0 Å². The van der Waals surface area contributed by atoms with E-state index in [4.69, 9.17) is 16.7 Å². The van der Waals surface area contributed by atoms with Crippen LogP contribution in [-0.2, 0) is 4.79 Å². The molecule has 7 heteroatoms. The molecular formula is C19H22ClN3O3. The number of hydrogen-bond acceptors (Lipinski definition) is 3. The van der Waals surface area contributed by atoms with Gasteiger partial charge in [0.1, 0.15) is 0 Å². The summed E-state index contributed by atoms with van der Waals surface area (Å²) in [6.45, 7) is 2.49. The molecule has 2 aromatic rings. The zero-order valence-electron chi connectivity index (χ0n) is 14.7. The van der Waals surface area contributed by atoms with Gasteiger partial charge in [0.2, 0.25) is 0 Å². The predicted octanol–water partition coefficient (Wildman–Crippen LogP) is 3.69. The lowest BCUT2D eigenvalue weighted by atomic mass is 9.97. The van der Waals surface area contributed by atoms with Crippen LogP contribution in [0.3, 0.4) is 0 Å². The molecule has 2 heterocycles. The lowest BCUT2D eigenvalue weighted by molar-refractivity contribution is -0.137. The van der Waals surface area contributed by atoms with Gasteiger partial charge < -0.3 is 10.0 Å². The molecule has 1 N–H and O–H groups in total. The number of amides is 1. The van der Waals surface area contributed by atoms with Gasteiger partial charge in [-0.3, -0.25) is 9.59 Å². The maximum atomic E-state index is 13.1. The van der Waals surface area contributed by atoms with E-state index in [1.807, 2.05) is 25.1 Å². The van der Waals surface area contributed by atoms with E-state index in [-0.39, 0.29) is 18.4 Å². The van der Waals surface area contributed by atoms with Crippen LogP contribution in [0.1, 0.15) is 48.2 Å². The van der Waals surface area contributed by atoms with Crippen molar-refractivity contribution in [1.29, 1.82) is 0 Å². The number of aliphatic carboxylic acids is 1. The van der Waals surface area contributed by atoms with Crippen LogP contribution in [0.5, 0.6) is 0 Å². The van der Waals surface area contributed by atoms with Crippen molar-refractivity contribution in [3.63, 3.8) is 0 Å². The number of carboxylic acid groups (broad SMARTS) is 1. The fraction of sp³-hybridized carbons (Fsp3) is 0.421. The Kier molecular flexibility index (Phi) is 5.61. The van der Waals surface area contributed by atoms with Crippen molar-refractivity contribution in [3.05, 3.63) is 46.7 Å². The van der Waals surface area contributed by atoms with E-state index in [9.17, 15) is 9.59 Å². The van der Waals surface area contributed by atoms with Crippen LogP contribution in [0, 0.1) is 6.92 Å². The molecule has 0 aliphatic carbocycles. The number of rotatable bonds is 5. The van der Waals surface area contributed by atoms with Gasteiger partial charge in [0, 0.05) is 30.8 Å². The molecule has 26 heavy (non-hydrogen) atoms. The lowest BCUT2D eigenvalue weighted by Crippen LogP contribution is -2.44. The smallest absolute Gasteiger partial charge is 0.303 e. The Labute approximate surface area is 157 Å². The molecule has 1 aromatic heterocycles. The van der Waals surface area contributed by atoms with Gasteiger partial charge in [-0.05, 0) is 44.7 Å². The molecule has 1 aromatic carbocycles. The van der Waals surface area contributed by atoms with Gasteiger partial charge in [-0.1, -0.05) is 23.7 Å². The molecule has 1 amide bonds. The zero-order valence-corrected chi connectivity index (χ0v) is 15.4. The Morgan fingerprint density at radius 1 is 1.31 bits per heavy atom. The zero-order chi connectivity index (χ0) is 18.7. The first-order chi connectivity index (χ1) is 12.5. The lowest BCUT2D eigenvalue weighted by Gasteiger charge is -2.35. The number of aryl methyl sites for hydroxylation is 1. The SMILES string of the molecule is Cc1cn(-c2ccccc2Cl)nc1C(=O)N1CCCCC1CCC(=O)O. The number of carbonyl (C=O) groups excluding carboxylic acids is 1. The monoisotopic (exact) mass is 375 g/mol. The highest BCUT2D eigenvalue weighted by Crippen LogP contribution is 2.25. The summed E-state index contributed by atoms with van der Waals surface area (Å²) in [6.07, 6.45) is 5.13. The number of para-hydroxylation sites is 1. The molecule has 1 fully saturated rings. The van der Waals surface area contributed by atoms with Crippen molar-refractivity contribution >= 4 is 23.5 Å². The Morgan fingerprint density at radius 3 is 2.81 bits per heavy atom. The van der Waals surface area contributed by atoms with E-state index in [1.165, 1.54) is 0 Å². The first-order valence-corrected chi connectivity index (χ1v) is 9.19. The number of benzene rings is 1. The van der Waals surface area contributed by atoms with Crippen molar-refractivity contribution in [2.45, 2.75) is 45.1 Å². The number of carbonyl (C=O) groups is 2. The number of carboxylic acids is 1. The van der Waals surface area contributed by atoms with Gasteiger partial charge >= 0.3 is 5.97 Å². The molecule has 0 spiro atoms. The van der Waals surface area contributed by atoms with Crippen LogP contribution in [0.25, 0.3) is 5.69 Å². The van der Waals surface area contributed by atoms with Crippen LogP contribution in [0.4, 0.5) is 0 Å². The number of nitrogens with zero attached hydrogens (tertiary/aromatic N) is 3. The molecule has 1 aliphatic heterocycles. The molecule has 3 rings (SSSR count). The molecule has 0 saturated carbocycles. The molecule has 0 bridgehead atoms. The first-order valence-electron chi connectivity index (χ1n) is 8.81. The summed E-state index contributed by atoms with van der Waals surface area (Å²) in [7, 11) is 0. The molecule has 1 atom stereocenters. The van der Waals surface area contributed by atoms with Crippen molar-refractivity contribution in [1.82, 2.24) is 14.7 Å². The van der Waals surface area contributed by atoms with E-state index < -0.39 is 5.97 Å². The van der Waals surface area contributed by atoms with Gasteiger partial charge in [-0.15, -0.1) is 0 Å². The Hall–Kier alpha value is -2.34. The molecule has 6 nitrogen and oxygen atoms in total.